The van der Waals surface area contributed by atoms with E-state index in [1.807, 2.05) is 31.1 Å². The van der Waals surface area contributed by atoms with Gasteiger partial charge in [-0.3, -0.25) is 4.79 Å². The minimum atomic E-state index is -0.937. The van der Waals surface area contributed by atoms with Crippen LogP contribution < -0.4 is 5.32 Å². The predicted octanol–water partition coefficient (Wildman–Crippen LogP) is 1.32. The number of carbonyl (C=O) groups is 1. The standard InChI is InChI=1S/C15H24N2O3/c1-15(14(19)20,16-10-11-17(2)3)9-8-12-4-6-13(18)7-5-12/h4-7,16,18H,8-11H2,1-3H3,(H,19,20). The molecule has 1 rings (SSSR count). The third kappa shape index (κ3) is 5.19. The summed E-state index contributed by atoms with van der Waals surface area (Å²) in [6.45, 7) is 3.14. The van der Waals surface area contributed by atoms with Crippen molar-refractivity contribution in [3.05, 3.63) is 29.8 Å². The molecule has 1 unspecified atom stereocenters. The monoisotopic (exact) mass is 280 g/mol. The van der Waals surface area contributed by atoms with E-state index < -0.39 is 11.5 Å². The van der Waals surface area contributed by atoms with Gasteiger partial charge in [-0.2, -0.15) is 0 Å². The van der Waals surface area contributed by atoms with E-state index in [-0.39, 0.29) is 5.75 Å². The first-order valence-corrected chi connectivity index (χ1v) is 6.74. The lowest BCUT2D eigenvalue weighted by atomic mass is 9.93. The minimum Gasteiger partial charge on any atom is -0.508 e. The maximum Gasteiger partial charge on any atom is 0.323 e. The van der Waals surface area contributed by atoms with E-state index in [9.17, 15) is 15.0 Å². The number of rotatable bonds is 8. The van der Waals surface area contributed by atoms with Crippen LogP contribution in [0.25, 0.3) is 0 Å². The average Bonchev–Trinajstić information content (AvgIpc) is 2.37. The molecule has 1 atom stereocenters. The summed E-state index contributed by atoms with van der Waals surface area (Å²) in [5.74, 6) is -0.617. The van der Waals surface area contributed by atoms with Crippen LogP contribution >= 0.6 is 0 Å². The fourth-order valence-electron chi connectivity index (χ4n) is 1.88. The van der Waals surface area contributed by atoms with Gasteiger partial charge in [-0.1, -0.05) is 12.1 Å². The molecule has 0 aliphatic rings. The highest BCUT2D eigenvalue weighted by molar-refractivity contribution is 5.78. The number of aromatic hydroxyl groups is 1. The molecule has 0 saturated carbocycles. The molecule has 1 aromatic rings. The Labute approximate surface area is 120 Å². The van der Waals surface area contributed by atoms with Crippen molar-refractivity contribution in [2.45, 2.75) is 25.3 Å². The highest BCUT2D eigenvalue weighted by atomic mass is 16.4. The molecule has 0 aliphatic carbocycles. The van der Waals surface area contributed by atoms with E-state index in [0.717, 1.165) is 12.1 Å². The third-order valence-corrected chi connectivity index (χ3v) is 3.40. The number of nitrogens with one attached hydrogen (secondary N) is 1. The summed E-state index contributed by atoms with van der Waals surface area (Å²) in [5, 5.41) is 21.8. The smallest absolute Gasteiger partial charge is 0.323 e. The first kappa shape index (κ1) is 16.5. The number of hydrogen-bond acceptors (Lipinski definition) is 4. The first-order chi connectivity index (χ1) is 9.33. The molecule has 0 heterocycles. The van der Waals surface area contributed by atoms with Gasteiger partial charge in [0, 0.05) is 13.1 Å². The second kappa shape index (κ2) is 7.26. The summed E-state index contributed by atoms with van der Waals surface area (Å²) >= 11 is 0. The summed E-state index contributed by atoms with van der Waals surface area (Å²) in [6.07, 6.45) is 1.15. The SMILES string of the molecule is CN(C)CCNC(C)(CCc1ccc(O)cc1)C(=O)O. The predicted molar refractivity (Wildman–Crippen MR) is 79.0 cm³/mol. The largest absolute Gasteiger partial charge is 0.508 e. The maximum atomic E-state index is 11.5. The quantitative estimate of drug-likeness (QED) is 0.670. The lowest BCUT2D eigenvalue weighted by molar-refractivity contribution is -0.144. The van der Waals surface area contributed by atoms with Crippen LogP contribution in [0.1, 0.15) is 18.9 Å². The number of aryl methyl sites for hydroxylation is 1. The Morgan fingerprint density at radius 2 is 1.90 bits per heavy atom. The molecule has 5 nitrogen and oxygen atoms in total. The molecular formula is C15H24N2O3. The van der Waals surface area contributed by atoms with Crippen molar-refractivity contribution < 1.29 is 15.0 Å². The van der Waals surface area contributed by atoms with Gasteiger partial charge in [-0.25, -0.2) is 0 Å². The number of phenols is 1. The molecule has 0 spiro atoms. The van der Waals surface area contributed by atoms with Crippen molar-refractivity contribution in [1.29, 1.82) is 0 Å². The Bertz CT molecular complexity index is 431. The van der Waals surface area contributed by atoms with Gasteiger partial charge in [0.1, 0.15) is 11.3 Å². The molecule has 0 aliphatic heterocycles. The van der Waals surface area contributed by atoms with Crippen molar-refractivity contribution in [1.82, 2.24) is 10.2 Å². The van der Waals surface area contributed by atoms with Gasteiger partial charge in [-0.05, 0) is 51.6 Å². The molecule has 0 amide bonds. The highest BCUT2D eigenvalue weighted by Crippen LogP contribution is 2.17. The molecule has 112 valence electrons. The minimum absolute atomic E-state index is 0.221. The topological polar surface area (TPSA) is 72.8 Å². The molecule has 0 fully saturated rings. The van der Waals surface area contributed by atoms with Crippen LogP contribution in [-0.2, 0) is 11.2 Å². The zero-order chi connectivity index (χ0) is 15.2. The van der Waals surface area contributed by atoms with Gasteiger partial charge in [0.05, 0.1) is 0 Å². The van der Waals surface area contributed by atoms with Crippen molar-refractivity contribution in [3.8, 4) is 5.75 Å². The van der Waals surface area contributed by atoms with Crippen molar-refractivity contribution >= 4 is 5.97 Å². The normalized spacial score (nSPS) is 14.2. The van der Waals surface area contributed by atoms with Crippen molar-refractivity contribution in [2.75, 3.05) is 27.2 Å². The second-order valence-electron chi connectivity index (χ2n) is 5.53. The Morgan fingerprint density at radius 3 is 2.40 bits per heavy atom. The fraction of sp³-hybridized carbons (Fsp3) is 0.533. The first-order valence-electron chi connectivity index (χ1n) is 6.74. The summed E-state index contributed by atoms with van der Waals surface area (Å²) < 4.78 is 0. The molecule has 1 aromatic carbocycles. The lowest BCUT2D eigenvalue weighted by Gasteiger charge is -2.27. The van der Waals surface area contributed by atoms with Crippen LogP contribution in [0.15, 0.2) is 24.3 Å². The van der Waals surface area contributed by atoms with Gasteiger partial charge in [-0.15, -0.1) is 0 Å². The van der Waals surface area contributed by atoms with E-state index in [1.165, 1.54) is 0 Å². The second-order valence-corrected chi connectivity index (χ2v) is 5.53. The molecule has 3 N–H and O–H groups in total. The van der Waals surface area contributed by atoms with Crippen LogP contribution in [0.2, 0.25) is 0 Å². The van der Waals surface area contributed by atoms with Crippen LogP contribution in [0.5, 0.6) is 5.75 Å². The van der Waals surface area contributed by atoms with Crippen LogP contribution in [0.4, 0.5) is 0 Å². The number of carboxylic acid groups (broad SMARTS) is 1. The van der Waals surface area contributed by atoms with Gasteiger partial charge in [0.25, 0.3) is 0 Å². The molecule has 20 heavy (non-hydrogen) atoms. The van der Waals surface area contributed by atoms with E-state index in [0.29, 0.717) is 19.4 Å². The Balaban J connectivity index is 2.57. The summed E-state index contributed by atoms with van der Waals surface area (Å²) in [7, 11) is 3.91. The molecule has 5 heteroatoms. The van der Waals surface area contributed by atoms with Crippen LogP contribution in [0, 0.1) is 0 Å². The molecule has 0 radical (unpaired) electrons. The Hall–Kier alpha value is -1.59. The van der Waals surface area contributed by atoms with Crippen LogP contribution in [-0.4, -0.2) is 53.8 Å². The van der Waals surface area contributed by atoms with Gasteiger partial charge in [0.15, 0.2) is 0 Å². The molecule has 0 aromatic heterocycles. The number of hydrogen-bond donors (Lipinski definition) is 3. The van der Waals surface area contributed by atoms with Crippen molar-refractivity contribution in [3.63, 3.8) is 0 Å². The number of phenolic OH excluding ortho intramolecular Hbond substituents is 1. The van der Waals surface area contributed by atoms with E-state index >= 15 is 0 Å². The van der Waals surface area contributed by atoms with Gasteiger partial charge < -0.3 is 20.4 Å². The highest BCUT2D eigenvalue weighted by Gasteiger charge is 2.31. The number of benzene rings is 1. The third-order valence-electron chi connectivity index (χ3n) is 3.40. The number of aliphatic carboxylic acids is 1. The molecule has 0 saturated heterocycles. The number of nitrogens with zero attached hydrogens (tertiary/aromatic N) is 1. The zero-order valence-corrected chi connectivity index (χ0v) is 12.4. The average molecular weight is 280 g/mol. The summed E-state index contributed by atoms with van der Waals surface area (Å²) in [6, 6.07) is 6.87. The van der Waals surface area contributed by atoms with Crippen LogP contribution in [0.3, 0.4) is 0 Å². The summed E-state index contributed by atoms with van der Waals surface area (Å²) in [5.41, 5.74) is 0.0816. The number of carboxylic acids is 1. The summed E-state index contributed by atoms with van der Waals surface area (Å²) in [4.78, 5) is 13.5. The van der Waals surface area contributed by atoms with Gasteiger partial charge >= 0.3 is 5.97 Å². The van der Waals surface area contributed by atoms with Gasteiger partial charge in [0.2, 0.25) is 0 Å². The Kier molecular flexibility index (Phi) is 5.98. The van der Waals surface area contributed by atoms with Crippen molar-refractivity contribution in [2.24, 2.45) is 0 Å². The van der Waals surface area contributed by atoms with E-state index in [1.54, 1.807) is 19.1 Å². The lowest BCUT2D eigenvalue weighted by Crippen LogP contribution is -2.51. The van der Waals surface area contributed by atoms with E-state index in [2.05, 4.69) is 5.32 Å². The number of likely N-dealkylation sites (N-methyl/N-ethyl adjacent to an activating group) is 1. The maximum absolute atomic E-state index is 11.5. The fourth-order valence-corrected chi connectivity index (χ4v) is 1.88. The molecule has 0 bridgehead atoms. The molecular weight excluding hydrogens is 256 g/mol. The zero-order valence-electron chi connectivity index (χ0n) is 12.4. The Morgan fingerprint density at radius 1 is 1.30 bits per heavy atom. The van der Waals surface area contributed by atoms with E-state index in [4.69, 9.17) is 0 Å².